The van der Waals surface area contributed by atoms with E-state index in [0.29, 0.717) is 38.6 Å². The zero-order valence-corrected chi connectivity index (χ0v) is 18.5. The lowest BCUT2D eigenvalue weighted by Gasteiger charge is -2.26. The van der Waals surface area contributed by atoms with E-state index in [0.717, 1.165) is 10.9 Å². The molecule has 0 aliphatic carbocycles. The summed E-state index contributed by atoms with van der Waals surface area (Å²) in [4.78, 5) is 12.2. The van der Waals surface area contributed by atoms with Gasteiger partial charge in [0.2, 0.25) is 10.0 Å². The van der Waals surface area contributed by atoms with Gasteiger partial charge in [0.05, 0.1) is 24.5 Å². The Morgan fingerprint density at radius 3 is 2.50 bits per heavy atom. The molecule has 0 amide bonds. The zero-order valence-electron chi connectivity index (χ0n) is 17.7. The van der Waals surface area contributed by atoms with Gasteiger partial charge >= 0.3 is 5.97 Å². The predicted octanol–water partition coefficient (Wildman–Crippen LogP) is 2.67. The molecule has 1 aliphatic rings. The van der Waals surface area contributed by atoms with Crippen LogP contribution in [0, 0.1) is 0 Å². The maximum absolute atomic E-state index is 12.6. The summed E-state index contributed by atoms with van der Waals surface area (Å²) in [6, 6.07) is 16.3. The molecule has 1 aromatic heterocycles. The number of hydrogen-bond donors (Lipinski definition) is 0. The van der Waals surface area contributed by atoms with Crippen LogP contribution in [-0.4, -0.2) is 62.8 Å². The number of fused-ring (bicyclic) bond motifs is 1. The maximum atomic E-state index is 12.6. The highest BCUT2D eigenvalue weighted by atomic mass is 32.2. The largest absolute Gasteiger partial charge is 0.490 e. The quantitative estimate of drug-likeness (QED) is 0.362. The second-order valence-electron chi connectivity index (χ2n) is 7.37. The number of carbonyl (C=O) groups is 1. The number of para-hydroxylation sites is 1. The van der Waals surface area contributed by atoms with Gasteiger partial charge in [-0.2, -0.15) is 4.31 Å². The van der Waals surface area contributed by atoms with E-state index < -0.39 is 10.0 Å². The predicted molar refractivity (Wildman–Crippen MR) is 119 cm³/mol. The van der Waals surface area contributed by atoms with E-state index in [9.17, 15) is 13.2 Å². The van der Waals surface area contributed by atoms with Gasteiger partial charge < -0.3 is 18.8 Å². The molecule has 4 rings (SSSR count). The number of carbonyl (C=O) groups excluding carboxylic acids is 1. The Hall–Kier alpha value is -2.88. The Labute approximate surface area is 187 Å². The molecule has 0 N–H and O–H groups in total. The van der Waals surface area contributed by atoms with E-state index in [2.05, 4.69) is 0 Å². The molecular formula is C23H26N2O6S. The first-order valence-electron chi connectivity index (χ1n) is 10.5. The van der Waals surface area contributed by atoms with Crippen LogP contribution in [0.5, 0.6) is 5.75 Å². The number of esters is 1. The van der Waals surface area contributed by atoms with Gasteiger partial charge in [-0.1, -0.05) is 18.2 Å². The average Bonchev–Trinajstić information content (AvgIpc) is 3.24. The van der Waals surface area contributed by atoms with Crippen molar-refractivity contribution in [1.82, 2.24) is 8.87 Å². The summed E-state index contributed by atoms with van der Waals surface area (Å²) >= 11 is 0. The Bertz CT molecular complexity index is 1150. The molecule has 1 fully saturated rings. The Morgan fingerprint density at radius 2 is 1.72 bits per heavy atom. The van der Waals surface area contributed by atoms with Crippen molar-refractivity contribution in [3.63, 3.8) is 0 Å². The first kappa shape index (κ1) is 22.3. The lowest BCUT2D eigenvalue weighted by molar-refractivity contribution is -0.144. The fourth-order valence-corrected chi connectivity index (χ4v) is 4.99. The van der Waals surface area contributed by atoms with Gasteiger partial charge in [0.1, 0.15) is 19.0 Å². The van der Waals surface area contributed by atoms with Crippen LogP contribution in [0.3, 0.4) is 0 Å². The number of rotatable bonds is 9. The second kappa shape index (κ2) is 10.2. The minimum absolute atomic E-state index is 0.124. The monoisotopic (exact) mass is 458 g/mol. The van der Waals surface area contributed by atoms with Crippen LogP contribution in [0.2, 0.25) is 0 Å². The van der Waals surface area contributed by atoms with E-state index >= 15 is 0 Å². The third-order valence-electron chi connectivity index (χ3n) is 5.28. The molecule has 0 unspecified atom stereocenters. The molecule has 32 heavy (non-hydrogen) atoms. The van der Waals surface area contributed by atoms with Crippen LogP contribution in [0.25, 0.3) is 10.9 Å². The Balaban J connectivity index is 1.19. The van der Waals surface area contributed by atoms with Crippen LogP contribution in [0.15, 0.2) is 65.7 Å². The van der Waals surface area contributed by atoms with E-state index in [-0.39, 0.29) is 30.5 Å². The number of sulfonamides is 1. The Kier molecular flexibility index (Phi) is 7.09. The lowest BCUT2D eigenvalue weighted by Crippen LogP contribution is -2.40. The average molecular weight is 459 g/mol. The van der Waals surface area contributed by atoms with Crippen molar-refractivity contribution in [2.75, 3.05) is 39.5 Å². The number of benzene rings is 2. The maximum Gasteiger partial charge on any atom is 0.307 e. The van der Waals surface area contributed by atoms with Crippen molar-refractivity contribution >= 4 is 26.9 Å². The molecule has 1 saturated heterocycles. The number of ether oxygens (including phenoxy) is 3. The van der Waals surface area contributed by atoms with Gasteiger partial charge in [0.15, 0.2) is 0 Å². The van der Waals surface area contributed by atoms with E-state index in [1.165, 1.54) is 16.4 Å². The molecule has 0 spiro atoms. The first-order valence-corrected chi connectivity index (χ1v) is 12.0. The molecule has 2 heterocycles. The van der Waals surface area contributed by atoms with E-state index in [1.54, 1.807) is 12.1 Å². The molecule has 9 heteroatoms. The van der Waals surface area contributed by atoms with E-state index in [4.69, 9.17) is 14.2 Å². The molecule has 0 bridgehead atoms. The molecule has 3 aromatic rings. The molecule has 0 radical (unpaired) electrons. The van der Waals surface area contributed by atoms with Gasteiger partial charge in [0, 0.05) is 31.3 Å². The standard InChI is InChI=1S/C23H26N2O6S/c26-23(10-12-24-11-9-19-3-1-2-4-22(19)24)31-18-17-30-20-5-7-21(8-6-20)32(27,28)25-13-15-29-16-14-25/h1-9,11H,10,12-18H2. The lowest BCUT2D eigenvalue weighted by atomic mass is 10.2. The van der Waals surface area contributed by atoms with E-state index in [1.807, 2.05) is 41.1 Å². The van der Waals surface area contributed by atoms with Crippen molar-refractivity contribution in [3.8, 4) is 5.75 Å². The Morgan fingerprint density at radius 1 is 0.969 bits per heavy atom. The number of nitrogens with zero attached hydrogens (tertiary/aromatic N) is 2. The summed E-state index contributed by atoms with van der Waals surface area (Å²) in [5, 5.41) is 1.14. The fraction of sp³-hybridized carbons (Fsp3) is 0.348. The van der Waals surface area contributed by atoms with Gasteiger partial charge in [-0.05, 0) is 41.8 Å². The molecular weight excluding hydrogens is 432 g/mol. The summed E-state index contributed by atoms with van der Waals surface area (Å²) in [7, 11) is -3.53. The zero-order chi connectivity index (χ0) is 22.4. The van der Waals surface area contributed by atoms with Crippen LogP contribution < -0.4 is 4.74 Å². The highest BCUT2D eigenvalue weighted by Crippen LogP contribution is 2.20. The summed E-state index contributed by atoms with van der Waals surface area (Å²) in [6.45, 7) is 2.38. The van der Waals surface area contributed by atoms with Crippen molar-refractivity contribution < 1.29 is 27.4 Å². The van der Waals surface area contributed by atoms with Crippen LogP contribution in [-0.2, 0) is 30.8 Å². The van der Waals surface area contributed by atoms with Gasteiger partial charge in [-0.25, -0.2) is 8.42 Å². The topological polar surface area (TPSA) is 87.1 Å². The molecule has 1 aliphatic heterocycles. The van der Waals surface area contributed by atoms with Crippen molar-refractivity contribution in [1.29, 1.82) is 0 Å². The van der Waals surface area contributed by atoms with Crippen molar-refractivity contribution in [2.24, 2.45) is 0 Å². The molecule has 0 saturated carbocycles. The molecule has 8 nitrogen and oxygen atoms in total. The molecule has 2 aromatic carbocycles. The highest BCUT2D eigenvalue weighted by molar-refractivity contribution is 7.89. The summed E-state index contributed by atoms with van der Waals surface area (Å²) in [5.41, 5.74) is 1.09. The first-order chi connectivity index (χ1) is 15.5. The van der Waals surface area contributed by atoms with Gasteiger partial charge in [-0.15, -0.1) is 0 Å². The SMILES string of the molecule is O=C(CCn1ccc2ccccc21)OCCOc1ccc(S(=O)(=O)N2CCOCC2)cc1. The van der Waals surface area contributed by atoms with Gasteiger partial charge in [0.25, 0.3) is 0 Å². The summed E-state index contributed by atoms with van der Waals surface area (Å²) in [5.74, 6) is 0.221. The van der Waals surface area contributed by atoms with Crippen molar-refractivity contribution in [3.05, 3.63) is 60.8 Å². The summed E-state index contributed by atoms with van der Waals surface area (Å²) < 4.78 is 44.7. The summed E-state index contributed by atoms with van der Waals surface area (Å²) in [6.07, 6.45) is 2.23. The smallest absolute Gasteiger partial charge is 0.307 e. The number of aromatic nitrogens is 1. The second-order valence-corrected chi connectivity index (χ2v) is 9.31. The van der Waals surface area contributed by atoms with Crippen LogP contribution >= 0.6 is 0 Å². The third kappa shape index (κ3) is 5.29. The minimum Gasteiger partial charge on any atom is -0.490 e. The molecule has 0 atom stereocenters. The highest BCUT2D eigenvalue weighted by Gasteiger charge is 2.26. The van der Waals surface area contributed by atoms with Crippen LogP contribution in [0.1, 0.15) is 6.42 Å². The third-order valence-corrected chi connectivity index (χ3v) is 7.20. The van der Waals surface area contributed by atoms with Gasteiger partial charge in [-0.3, -0.25) is 4.79 Å². The minimum atomic E-state index is -3.53. The number of aryl methyl sites for hydroxylation is 1. The molecule has 170 valence electrons. The number of hydrogen-bond acceptors (Lipinski definition) is 6. The van der Waals surface area contributed by atoms with Crippen LogP contribution in [0.4, 0.5) is 0 Å². The van der Waals surface area contributed by atoms with Crippen molar-refractivity contribution in [2.45, 2.75) is 17.9 Å². The number of morpholine rings is 1. The fourth-order valence-electron chi connectivity index (χ4n) is 3.58. The normalized spacial score (nSPS) is 15.0.